The number of benzene rings is 1. The monoisotopic (exact) mass is 261 g/mol. The fourth-order valence-corrected chi connectivity index (χ4v) is 1.77. The molecule has 0 heterocycles. The third-order valence-corrected chi connectivity index (χ3v) is 2.84. The van der Waals surface area contributed by atoms with Crippen LogP contribution in [0.3, 0.4) is 0 Å². The van der Waals surface area contributed by atoms with Crippen molar-refractivity contribution in [2.45, 2.75) is 20.3 Å². The number of rotatable bonds is 5. The zero-order valence-corrected chi connectivity index (χ0v) is 11.5. The summed E-state index contributed by atoms with van der Waals surface area (Å²) in [4.78, 5) is 24.3. The van der Waals surface area contributed by atoms with Gasteiger partial charge >= 0.3 is 5.97 Å². The van der Waals surface area contributed by atoms with Crippen molar-refractivity contribution in [3.63, 3.8) is 0 Å². The van der Waals surface area contributed by atoms with Gasteiger partial charge in [0.05, 0.1) is 0 Å². The van der Waals surface area contributed by atoms with Crippen molar-refractivity contribution in [1.82, 2.24) is 4.90 Å². The van der Waals surface area contributed by atoms with Crippen LogP contribution in [-0.4, -0.2) is 35.5 Å². The lowest BCUT2D eigenvalue weighted by molar-refractivity contribution is -0.131. The van der Waals surface area contributed by atoms with E-state index in [0.29, 0.717) is 12.1 Å². The molecule has 0 aromatic heterocycles. The van der Waals surface area contributed by atoms with Crippen molar-refractivity contribution < 1.29 is 14.7 Å². The van der Waals surface area contributed by atoms with Crippen LogP contribution < -0.4 is 0 Å². The van der Waals surface area contributed by atoms with Gasteiger partial charge in [-0.3, -0.25) is 4.79 Å². The van der Waals surface area contributed by atoms with Crippen LogP contribution in [0.2, 0.25) is 0 Å². The molecule has 0 saturated carbocycles. The lowest BCUT2D eigenvalue weighted by Crippen LogP contribution is -2.27. The van der Waals surface area contributed by atoms with Crippen LogP contribution in [0.1, 0.15) is 34.8 Å². The molecule has 0 radical (unpaired) electrons. The van der Waals surface area contributed by atoms with Gasteiger partial charge in [-0.05, 0) is 42.7 Å². The highest BCUT2D eigenvalue weighted by Crippen LogP contribution is 2.14. The molecule has 0 bridgehead atoms. The van der Waals surface area contributed by atoms with Crippen molar-refractivity contribution in [2.24, 2.45) is 0 Å². The first-order valence-electron chi connectivity index (χ1n) is 6.22. The number of amides is 1. The molecule has 0 saturated heterocycles. The third-order valence-electron chi connectivity index (χ3n) is 2.84. The molecule has 1 aromatic carbocycles. The number of aryl methyl sites for hydroxylation is 1. The summed E-state index contributed by atoms with van der Waals surface area (Å²) in [5, 5.41) is 8.64. The SMILES string of the molecule is CCCN(C)C(=O)c1ccc(C)c(/C=C/C(=O)O)c1. The minimum atomic E-state index is -1.00. The number of carbonyl (C=O) groups is 2. The Bertz CT molecular complexity index is 506. The maximum Gasteiger partial charge on any atom is 0.328 e. The van der Waals surface area contributed by atoms with E-state index in [1.807, 2.05) is 19.9 Å². The van der Waals surface area contributed by atoms with E-state index in [0.717, 1.165) is 23.6 Å². The first-order chi connectivity index (χ1) is 8.95. The third kappa shape index (κ3) is 4.25. The van der Waals surface area contributed by atoms with Gasteiger partial charge in [-0.25, -0.2) is 4.79 Å². The second-order valence-electron chi connectivity index (χ2n) is 4.47. The predicted octanol–water partition coefficient (Wildman–Crippen LogP) is 2.57. The smallest absolute Gasteiger partial charge is 0.328 e. The number of hydrogen-bond donors (Lipinski definition) is 1. The lowest BCUT2D eigenvalue weighted by atomic mass is 10.0. The Morgan fingerprint density at radius 1 is 1.37 bits per heavy atom. The molecule has 0 unspecified atom stereocenters. The molecule has 4 heteroatoms. The van der Waals surface area contributed by atoms with E-state index in [9.17, 15) is 9.59 Å². The first kappa shape index (κ1) is 15.0. The number of hydrogen-bond acceptors (Lipinski definition) is 2. The second kappa shape index (κ2) is 6.73. The number of carboxylic acid groups (broad SMARTS) is 1. The normalized spacial score (nSPS) is 10.7. The summed E-state index contributed by atoms with van der Waals surface area (Å²) in [5.41, 5.74) is 2.26. The molecule has 102 valence electrons. The van der Waals surface area contributed by atoms with Crippen molar-refractivity contribution in [1.29, 1.82) is 0 Å². The first-order valence-corrected chi connectivity index (χ1v) is 6.22. The van der Waals surface area contributed by atoms with Gasteiger partial charge < -0.3 is 10.0 Å². The molecular formula is C15H19NO3. The van der Waals surface area contributed by atoms with Gasteiger partial charge in [0.15, 0.2) is 0 Å². The molecule has 0 aliphatic rings. The molecule has 0 atom stereocenters. The molecule has 0 fully saturated rings. The van der Waals surface area contributed by atoms with Crippen molar-refractivity contribution in [3.8, 4) is 0 Å². The molecular weight excluding hydrogens is 242 g/mol. The summed E-state index contributed by atoms with van der Waals surface area (Å²) in [6.45, 7) is 4.60. The summed E-state index contributed by atoms with van der Waals surface area (Å²) in [5.74, 6) is -1.05. The van der Waals surface area contributed by atoms with Gasteiger partial charge in [0.1, 0.15) is 0 Å². The van der Waals surface area contributed by atoms with Crippen LogP contribution >= 0.6 is 0 Å². The van der Waals surface area contributed by atoms with E-state index in [2.05, 4.69) is 0 Å². The Kier molecular flexibility index (Phi) is 5.30. The molecule has 0 aliphatic heterocycles. The topological polar surface area (TPSA) is 57.6 Å². The van der Waals surface area contributed by atoms with Crippen LogP contribution in [0.25, 0.3) is 6.08 Å². The van der Waals surface area contributed by atoms with E-state index in [4.69, 9.17) is 5.11 Å². The molecule has 1 rings (SSSR count). The molecule has 1 aromatic rings. The van der Waals surface area contributed by atoms with Crippen LogP contribution in [0.15, 0.2) is 24.3 Å². The summed E-state index contributed by atoms with van der Waals surface area (Å²) < 4.78 is 0. The van der Waals surface area contributed by atoms with Gasteiger partial charge in [-0.1, -0.05) is 13.0 Å². The van der Waals surface area contributed by atoms with E-state index >= 15 is 0 Å². The molecule has 1 amide bonds. The van der Waals surface area contributed by atoms with E-state index in [1.54, 1.807) is 24.1 Å². The average Bonchev–Trinajstić information content (AvgIpc) is 2.37. The molecule has 19 heavy (non-hydrogen) atoms. The summed E-state index contributed by atoms with van der Waals surface area (Å²) in [6.07, 6.45) is 3.49. The second-order valence-corrected chi connectivity index (χ2v) is 4.47. The van der Waals surface area contributed by atoms with E-state index < -0.39 is 5.97 Å². The number of carbonyl (C=O) groups excluding carboxylic acids is 1. The Morgan fingerprint density at radius 3 is 2.63 bits per heavy atom. The average molecular weight is 261 g/mol. The lowest BCUT2D eigenvalue weighted by Gasteiger charge is -2.16. The predicted molar refractivity (Wildman–Crippen MR) is 75.1 cm³/mol. The van der Waals surface area contributed by atoms with Crippen molar-refractivity contribution in [2.75, 3.05) is 13.6 Å². The Hall–Kier alpha value is -2.10. The summed E-state index contributed by atoms with van der Waals surface area (Å²) in [6, 6.07) is 5.32. The highest BCUT2D eigenvalue weighted by molar-refractivity contribution is 5.95. The zero-order valence-electron chi connectivity index (χ0n) is 11.5. The van der Waals surface area contributed by atoms with Gasteiger partial charge in [0, 0.05) is 25.2 Å². The van der Waals surface area contributed by atoms with Crippen molar-refractivity contribution >= 4 is 18.0 Å². The minimum Gasteiger partial charge on any atom is -0.478 e. The Morgan fingerprint density at radius 2 is 2.05 bits per heavy atom. The van der Waals surface area contributed by atoms with Crippen LogP contribution in [0, 0.1) is 6.92 Å². The Labute approximate surface area is 113 Å². The Balaban J connectivity index is 3.01. The standard InChI is InChI=1S/C15H19NO3/c1-4-9-16(3)15(19)13-6-5-11(2)12(10-13)7-8-14(17)18/h5-8,10H,4,9H2,1-3H3,(H,17,18)/b8-7+. The largest absolute Gasteiger partial charge is 0.478 e. The van der Waals surface area contributed by atoms with Gasteiger partial charge in [-0.15, -0.1) is 0 Å². The highest BCUT2D eigenvalue weighted by atomic mass is 16.4. The summed E-state index contributed by atoms with van der Waals surface area (Å²) in [7, 11) is 1.76. The van der Waals surface area contributed by atoms with Gasteiger partial charge in [0.2, 0.25) is 0 Å². The fourth-order valence-electron chi connectivity index (χ4n) is 1.77. The van der Waals surface area contributed by atoms with Crippen LogP contribution in [-0.2, 0) is 4.79 Å². The number of carboxylic acids is 1. The highest BCUT2D eigenvalue weighted by Gasteiger charge is 2.11. The minimum absolute atomic E-state index is 0.0492. The van der Waals surface area contributed by atoms with Crippen LogP contribution in [0.5, 0.6) is 0 Å². The fraction of sp³-hybridized carbons (Fsp3) is 0.333. The van der Waals surface area contributed by atoms with E-state index in [-0.39, 0.29) is 5.91 Å². The molecule has 0 aliphatic carbocycles. The van der Waals surface area contributed by atoms with Crippen molar-refractivity contribution in [3.05, 3.63) is 41.0 Å². The zero-order chi connectivity index (χ0) is 14.4. The quantitative estimate of drug-likeness (QED) is 0.829. The molecule has 1 N–H and O–H groups in total. The maximum absolute atomic E-state index is 12.1. The van der Waals surface area contributed by atoms with Gasteiger partial charge in [0.25, 0.3) is 5.91 Å². The summed E-state index contributed by atoms with van der Waals surface area (Å²) >= 11 is 0. The molecule has 4 nitrogen and oxygen atoms in total. The number of aliphatic carboxylic acids is 1. The van der Waals surface area contributed by atoms with Crippen LogP contribution in [0.4, 0.5) is 0 Å². The van der Waals surface area contributed by atoms with Gasteiger partial charge in [-0.2, -0.15) is 0 Å². The maximum atomic E-state index is 12.1. The van der Waals surface area contributed by atoms with E-state index in [1.165, 1.54) is 6.08 Å². The molecule has 0 spiro atoms. The number of nitrogens with zero attached hydrogens (tertiary/aromatic N) is 1.